The van der Waals surface area contributed by atoms with E-state index in [-0.39, 0.29) is 29.6 Å². The molecule has 0 spiro atoms. The van der Waals surface area contributed by atoms with Gasteiger partial charge in [-0.2, -0.15) is 0 Å². The number of carbonyl (C=O) groups is 6. The number of ketones is 2. The second-order valence-electron chi connectivity index (χ2n) is 12.5. The third-order valence-electron chi connectivity index (χ3n) is 9.32. The largest absolute Gasteiger partial charge is 0.351 e. The van der Waals surface area contributed by atoms with E-state index in [0.29, 0.717) is 51.5 Å². The number of nitrogens with zero attached hydrogens (tertiary/aromatic N) is 2. The third-order valence-corrected chi connectivity index (χ3v) is 9.32. The van der Waals surface area contributed by atoms with Crippen LogP contribution in [0, 0.1) is 5.92 Å². The SMILES string of the molecule is CCC(=O)CCCCC[C@@H]1NC(=O)[C@H]2CCCCN2C(=O)[C@H]([C@H](C)CC)NC(=O)[C@@H](C(=O)c2ccc3c(ccn3C)c2)NC1=O. The van der Waals surface area contributed by atoms with Gasteiger partial charge in [-0.15, -0.1) is 0 Å². The summed E-state index contributed by atoms with van der Waals surface area (Å²) in [6.45, 7) is 5.93. The number of hydrogen-bond acceptors (Lipinski definition) is 6. The lowest BCUT2D eigenvalue weighted by Crippen LogP contribution is -2.65. The number of piperidine rings is 1. The number of carbonyl (C=O) groups excluding carboxylic acids is 6. The van der Waals surface area contributed by atoms with Crippen LogP contribution in [0.15, 0.2) is 30.5 Å². The highest BCUT2D eigenvalue weighted by Gasteiger charge is 2.42. The van der Waals surface area contributed by atoms with Crippen LogP contribution in [-0.2, 0) is 31.0 Å². The molecule has 2 saturated heterocycles. The number of Topliss-reactive ketones (excluding diaryl/α,β-unsaturated/α-hetero) is 2. The highest BCUT2D eigenvalue weighted by atomic mass is 16.2. The molecule has 244 valence electrons. The molecule has 2 fully saturated rings. The Balaban J connectivity index is 1.67. The van der Waals surface area contributed by atoms with Gasteiger partial charge in [-0.05, 0) is 62.3 Å². The van der Waals surface area contributed by atoms with E-state index in [1.54, 1.807) is 18.2 Å². The second-order valence-corrected chi connectivity index (χ2v) is 12.5. The summed E-state index contributed by atoms with van der Waals surface area (Å²) in [6.07, 6.45) is 7.46. The van der Waals surface area contributed by atoms with Crippen LogP contribution in [0.2, 0.25) is 0 Å². The molecule has 1 aromatic heterocycles. The van der Waals surface area contributed by atoms with Gasteiger partial charge in [0.05, 0.1) is 0 Å². The van der Waals surface area contributed by atoms with Crippen LogP contribution in [0.4, 0.5) is 0 Å². The smallest absolute Gasteiger partial charge is 0.251 e. The Morgan fingerprint density at radius 3 is 2.44 bits per heavy atom. The number of unbranched alkanes of at least 4 members (excludes halogenated alkanes) is 2. The summed E-state index contributed by atoms with van der Waals surface area (Å²) in [5.41, 5.74) is 1.14. The van der Waals surface area contributed by atoms with Crippen molar-refractivity contribution < 1.29 is 28.8 Å². The maximum absolute atomic E-state index is 14.0. The summed E-state index contributed by atoms with van der Waals surface area (Å²) in [6, 6.07) is 2.57. The average molecular weight is 622 g/mol. The summed E-state index contributed by atoms with van der Waals surface area (Å²) in [4.78, 5) is 82.6. The zero-order valence-corrected chi connectivity index (χ0v) is 26.9. The number of aryl methyl sites for hydroxylation is 1. The molecule has 4 amide bonds. The summed E-state index contributed by atoms with van der Waals surface area (Å²) in [5, 5.41) is 9.10. The van der Waals surface area contributed by atoms with E-state index in [0.717, 1.165) is 23.7 Å². The minimum absolute atomic E-state index is 0.172. The summed E-state index contributed by atoms with van der Waals surface area (Å²) < 4.78 is 1.91. The summed E-state index contributed by atoms with van der Waals surface area (Å²) >= 11 is 0. The number of rotatable bonds is 11. The van der Waals surface area contributed by atoms with Gasteiger partial charge in [-0.25, -0.2) is 0 Å². The minimum atomic E-state index is -1.61. The zero-order chi connectivity index (χ0) is 32.7. The molecule has 0 radical (unpaired) electrons. The predicted molar refractivity (Wildman–Crippen MR) is 170 cm³/mol. The first kappa shape index (κ1) is 33.9. The molecule has 11 heteroatoms. The monoisotopic (exact) mass is 621 g/mol. The molecule has 3 heterocycles. The van der Waals surface area contributed by atoms with Crippen molar-refractivity contribution in [3.63, 3.8) is 0 Å². The quantitative estimate of drug-likeness (QED) is 0.200. The van der Waals surface area contributed by atoms with Crippen molar-refractivity contribution in [2.75, 3.05) is 6.54 Å². The van der Waals surface area contributed by atoms with Crippen molar-refractivity contribution >= 4 is 46.1 Å². The average Bonchev–Trinajstić information content (AvgIpc) is 3.42. The van der Waals surface area contributed by atoms with E-state index < -0.39 is 47.7 Å². The van der Waals surface area contributed by atoms with E-state index in [1.807, 2.05) is 44.6 Å². The number of nitrogens with one attached hydrogen (secondary N) is 3. The molecule has 2 aliphatic heterocycles. The van der Waals surface area contributed by atoms with Crippen LogP contribution >= 0.6 is 0 Å². The summed E-state index contributed by atoms with van der Waals surface area (Å²) in [7, 11) is 1.89. The van der Waals surface area contributed by atoms with Crippen molar-refractivity contribution in [3.05, 3.63) is 36.0 Å². The highest BCUT2D eigenvalue weighted by molar-refractivity contribution is 6.17. The lowest BCUT2D eigenvalue weighted by molar-refractivity contribution is -0.147. The number of aromatic nitrogens is 1. The molecule has 2 aliphatic rings. The van der Waals surface area contributed by atoms with Gasteiger partial charge in [0.1, 0.15) is 23.9 Å². The molecule has 0 unspecified atom stereocenters. The Kier molecular flexibility index (Phi) is 11.5. The van der Waals surface area contributed by atoms with Crippen LogP contribution in [-0.4, -0.2) is 75.4 Å². The highest BCUT2D eigenvalue weighted by Crippen LogP contribution is 2.23. The van der Waals surface area contributed by atoms with E-state index >= 15 is 0 Å². The molecule has 0 aliphatic carbocycles. The van der Waals surface area contributed by atoms with Crippen molar-refractivity contribution in [2.45, 2.75) is 109 Å². The van der Waals surface area contributed by atoms with Gasteiger partial charge in [0.2, 0.25) is 17.7 Å². The molecular weight excluding hydrogens is 574 g/mol. The van der Waals surface area contributed by atoms with Crippen molar-refractivity contribution in [1.82, 2.24) is 25.4 Å². The van der Waals surface area contributed by atoms with Crippen LogP contribution in [0.25, 0.3) is 10.9 Å². The molecule has 2 aromatic rings. The topological polar surface area (TPSA) is 147 Å². The van der Waals surface area contributed by atoms with E-state index in [9.17, 15) is 28.8 Å². The Bertz CT molecular complexity index is 1430. The lowest BCUT2D eigenvalue weighted by Gasteiger charge is -2.39. The van der Waals surface area contributed by atoms with Crippen LogP contribution in [0.1, 0.15) is 95.3 Å². The standard InChI is InChI=1S/C34H47N5O6/c1-5-21(3)28-34(45)39-18-11-10-14-27(39)32(43)35-25(13-9-7-8-12-24(40)6-2)31(42)37-29(33(44)36-28)30(41)23-15-16-26-22(20-23)17-19-38(26)4/h15-17,19-21,25,27-29H,5-14,18H2,1-4H3,(H,35,43)(H,36,44)(H,37,42)/t21-,25+,27-,28+,29-/m1/s1. The molecule has 5 atom stereocenters. The van der Waals surface area contributed by atoms with Gasteiger partial charge in [0.15, 0.2) is 11.8 Å². The van der Waals surface area contributed by atoms with Crippen LogP contribution in [0.3, 0.4) is 0 Å². The Labute approximate surface area is 264 Å². The molecular formula is C34H47N5O6. The molecule has 1 aromatic carbocycles. The van der Waals surface area contributed by atoms with Crippen molar-refractivity contribution in [1.29, 1.82) is 0 Å². The molecule has 0 bridgehead atoms. The first-order chi connectivity index (χ1) is 21.5. The van der Waals surface area contributed by atoms with Crippen molar-refractivity contribution in [2.24, 2.45) is 13.0 Å². The normalized spacial score (nSPS) is 23.7. The van der Waals surface area contributed by atoms with E-state index in [4.69, 9.17) is 0 Å². The number of fused-ring (bicyclic) bond motifs is 2. The van der Waals surface area contributed by atoms with Gasteiger partial charge >= 0.3 is 0 Å². The predicted octanol–water partition coefficient (Wildman–Crippen LogP) is 3.19. The number of hydrogen-bond donors (Lipinski definition) is 3. The van der Waals surface area contributed by atoms with Crippen molar-refractivity contribution in [3.8, 4) is 0 Å². The number of benzene rings is 1. The minimum Gasteiger partial charge on any atom is -0.351 e. The van der Waals surface area contributed by atoms with Gasteiger partial charge in [0, 0.05) is 49.1 Å². The fraction of sp³-hybridized carbons (Fsp3) is 0.588. The fourth-order valence-electron chi connectivity index (χ4n) is 6.22. The van der Waals surface area contributed by atoms with E-state index in [2.05, 4.69) is 16.0 Å². The fourth-order valence-corrected chi connectivity index (χ4v) is 6.22. The zero-order valence-electron chi connectivity index (χ0n) is 26.9. The first-order valence-corrected chi connectivity index (χ1v) is 16.4. The van der Waals surface area contributed by atoms with Gasteiger partial charge in [-0.1, -0.05) is 40.0 Å². The lowest BCUT2D eigenvalue weighted by atomic mass is 9.93. The maximum atomic E-state index is 14.0. The Morgan fingerprint density at radius 1 is 0.933 bits per heavy atom. The van der Waals surface area contributed by atoms with Gasteiger partial charge < -0.3 is 25.4 Å². The molecule has 3 N–H and O–H groups in total. The first-order valence-electron chi connectivity index (χ1n) is 16.4. The Hall–Kier alpha value is -4.02. The molecule has 11 nitrogen and oxygen atoms in total. The van der Waals surface area contributed by atoms with Crippen LogP contribution in [0.5, 0.6) is 0 Å². The second kappa shape index (κ2) is 15.3. The maximum Gasteiger partial charge on any atom is 0.251 e. The van der Waals surface area contributed by atoms with Gasteiger partial charge in [0.25, 0.3) is 5.91 Å². The molecule has 4 rings (SSSR count). The third kappa shape index (κ3) is 7.99. The molecule has 45 heavy (non-hydrogen) atoms. The van der Waals surface area contributed by atoms with E-state index in [1.165, 1.54) is 4.90 Å². The number of amides is 4. The Morgan fingerprint density at radius 2 is 1.71 bits per heavy atom. The molecule has 0 saturated carbocycles. The van der Waals surface area contributed by atoms with Crippen LogP contribution < -0.4 is 16.0 Å². The summed E-state index contributed by atoms with van der Waals surface area (Å²) in [5.74, 6) is -2.91. The van der Waals surface area contributed by atoms with Gasteiger partial charge in [-0.3, -0.25) is 28.8 Å².